The van der Waals surface area contributed by atoms with E-state index in [1.54, 1.807) is 0 Å². The number of piperidine rings is 1. The van der Waals surface area contributed by atoms with Gasteiger partial charge in [0.15, 0.2) is 0 Å². The Hall–Kier alpha value is -0.120. The molecule has 1 aliphatic heterocycles. The van der Waals surface area contributed by atoms with Crippen LogP contribution in [0.5, 0.6) is 0 Å². The molecule has 1 saturated heterocycles. The lowest BCUT2D eigenvalue weighted by Crippen LogP contribution is -2.50. The Morgan fingerprint density at radius 2 is 2.00 bits per heavy atom. The second-order valence-corrected chi connectivity index (χ2v) is 6.50. The van der Waals surface area contributed by atoms with E-state index in [0.29, 0.717) is 6.04 Å². The van der Waals surface area contributed by atoms with Crippen molar-refractivity contribution in [1.82, 2.24) is 10.2 Å². The average Bonchev–Trinajstić information content (AvgIpc) is 2.38. The number of aliphatic hydroxyl groups is 1. The Balaban J connectivity index is 1.85. The van der Waals surface area contributed by atoms with E-state index >= 15 is 0 Å². The highest BCUT2D eigenvalue weighted by Crippen LogP contribution is 2.30. The van der Waals surface area contributed by atoms with Crippen LogP contribution in [-0.4, -0.2) is 48.3 Å². The fourth-order valence-electron chi connectivity index (χ4n) is 3.66. The van der Waals surface area contributed by atoms with Crippen molar-refractivity contribution in [3.05, 3.63) is 0 Å². The predicted molar refractivity (Wildman–Crippen MR) is 75.7 cm³/mol. The molecule has 0 amide bonds. The summed E-state index contributed by atoms with van der Waals surface area (Å²) in [5.74, 6) is 0.746. The van der Waals surface area contributed by atoms with Crippen LogP contribution in [0.4, 0.5) is 0 Å². The van der Waals surface area contributed by atoms with Crippen LogP contribution in [0.1, 0.15) is 51.9 Å². The van der Waals surface area contributed by atoms with Gasteiger partial charge in [0.25, 0.3) is 0 Å². The van der Waals surface area contributed by atoms with Gasteiger partial charge in [-0.25, -0.2) is 0 Å². The van der Waals surface area contributed by atoms with Gasteiger partial charge in [0, 0.05) is 19.1 Å². The van der Waals surface area contributed by atoms with Crippen molar-refractivity contribution in [2.45, 2.75) is 63.5 Å². The van der Waals surface area contributed by atoms with E-state index in [2.05, 4.69) is 24.2 Å². The molecule has 0 bridgehead atoms. The number of hydrogen-bond donors (Lipinski definition) is 2. The van der Waals surface area contributed by atoms with Crippen LogP contribution >= 0.6 is 0 Å². The van der Waals surface area contributed by atoms with Crippen molar-refractivity contribution in [2.24, 2.45) is 5.92 Å². The molecule has 1 saturated carbocycles. The fraction of sp³-hybridized carbons (Fsp3) is 1.00. The van der Waals surface area contributed by atoms with E-state index in [4.69, 9.17) is 0 Å². The molecule has 1 aliphatic carbocycles. The largest absolute Gasteiger partial charge is 0.389 e. The van der Waals surface area contributed by atoms with Gasteiger partial charge in [0.1, 0.15) is 0 Å². The molecule has 0 aromatic carbocycles. The predicted octanol–water partition coefficient (Wildman–Crippen LogP) is 2.00. The topological polar surface area (TPSA) is 35.5 Å². The zero-order valence-electron chi connectivity index (χ0n) is 12.1. The number of likely N-dealkylation sites (tertiary alicyclic amines) is 1. The lowest BCUT2D eigenvalue weighted by molar-refractivity contribution is -0.0357. The number of hydrogen-bond acceptors (Lipinski definition) is 3. The first-order valence-electron chi connectivity index (χ1n) is 7.75. The molecular weight excluding hydrogens is 224 g/mol. The highest BCUT2D eigenvalue weighted by molar-refractivity contribution is 4.88. The molecule has 2 unspecified atom stereocenters. The van der Waals surface area contributed by atoms with E-state index in [-0.39, 0.29) is 5.60 Å². The van der Waals surface area contributed by atoms with Gasteiger partial charge in [-0.15, -0.1) is 0 Å². The molecule has 2 rings (SSSR count). The van der Waals surface area contributed by atoms with E-state index in [0.717, 1.165) is 31.8 Å². The van der Waals surface area contributed by atoms with Gasteiger partial charge in [-0.1, -0.05) is 19.3 Å². The quantitative estimate of drug-likeness (QED) is 0.805. The summed E-state index contributed by atoms with van der Waals surface area (Å²) in [7, 11) is 2.05. The summed E-state index contributed by atoms with van der Waals surface area (Å²) in [4.78, 5) is 2.51. The van der Waals surface area contributed by atoms with Crippen molar-refractivity contribution in [3.8, 4) is 0 Å². The minimum Gasteiger partial charge on any atom is -0.389 e. The Morgan fingerprint density at radius 1 is 1.28 bits per heavy atom. The highest BCUT2D eigenvalue weighted by Gasteiger charge is 2.33. The van der Waals surface area contributed by atoms with Gasteiger partial charge in [0.05, 0.1) is 5.60 Å². The summed E-state index contributed by atoms with van der Waals surface area (Å²) in [6.45, 7) is 5.52. The van der Waals surface area contributed by atoms with Gasteiger partial charge in [-0.2, -0.15) is 0 Å². The third kappa shape index (κ3) is 3.69. The summed E-state index contributed by atoms with van der Waals surface area (Å²) in [6, 6.07) is 0.591. The van der Waals surface area contributed by atoms with Gasteiger partial charge in [-0.3, -0.25) is 0 Å². The SMILES string of the molecule is CNC(C)C1CCCN(CC2(O)CCCCC2)C1. The zero-order chi connectivity index (χ0) is 13.0. The smallest absolute Gasteiger partial charge is 0.0774 e. The third-order valence-corrected chi connectivity index (χ3v) is 5.01. The molecule has 2 atom stereocenters. The van der Waals surface area contributed by atoms with Gasteiger partial charge < -0.3 is 15.3 Å². The fourth-order valence-corrected chi connectivity index (χ4v) is 3.66. The maximum Gasteiger partial charge on any atom is 0.0774 e. The van der Waals surface area contributed by atoms with Crippen LogP contribution in [-0.2, 0) is 0 Å². The normalized spacial score (nSPS) is 31.2. The summed E-state index contributed by atoms with van der Waals surface area (Å²) in [5, 5.41) is 14.0. The van der Waals surface area contributed by atoms with Crippen molar-refractivity contribution in [1.29, 1.82) is 0 Å². The van der Waals surface area contributed by atoms with Gasteiger partial charge in [-0.05, 0) is 52.1 Å². The minimum atomic E-state index is -0.386. The van der Waals surface area contributed by atoms with E-state index < -0.39 is 0 Å². The molecule has 2 N–H and O–H groups in total. The molecule has 0 aromatic rings. The lowest BCUT2D eigenvalue weighted by atomic mass is 9.83. The Kier molecular flexibility index (Phi) is 5.05. The van der Waals surface area contributed by atoms with Gasteiger partial charge in [0.2, 0.25) is 0 Å². The van der Waals surface area contributed by atoms with Gasteiger partial charge >= 0.3 is 0 Å². The standard InChI is InChI=1S/C15H30N2O/c1-13(16-2)14-7-6-10-17(11-14)12-15(18)8-4-3-5-9-15/h13-14,16,18H,3-12H2,1-2H3. The average molecular weight is 254 g/mol. The summed E-state index contributed by atoms with van der Waals surface area (Å²) >= 11 is 0. The Morgan fingerprint density at radius 3 is 2.67 bits per heavy atom. The molecule has 0 aromatic heterocycles. The van der Waals surface area contributed by atoms with E-state index in [1.165, 1.54) is 38.6 Å². The molecule has 18 heavy (non-hydrogen) atoms. The first kappa shape index (κ1) is 14.3. The summed E-state index contributed by atoms with van der Waals surface area (Å²) in [6.07, 6.45) is 8.36. The molecule has 2 fully saturated rings. The first-order valence-corrected chi connectivity index (χ1v) is 7.75. The van der Waals surface area contributed by atoms with Crippen LogP contribution in [0.25, 0.3) is 0 Å². The van der Waals surface area contributed by atoms with Crippen molar-refractivity contribution < 1.29 is 5.11 Å². The summed E-state index contributed by atoms with van der Waals surface area (Å²) < 4.78 is 0. The number of nitrogens with one attached hydrogen (secondary N) is 1. The van der Waals surface area contributed by atoms with Crippen LogP contribution in [0.15, 0.2) is 0 Å². The third-order valence-electron chi connectivity index (χ3n) is 5.01. The summed E-state index contributed by atoms with van der Waals surface area (Å²) in [5.41, 5.74) is -0.386. The van der Waals surface area contributed by atoms with Crippen LogP contribution < -0.4 is 5.32 Å². The number of rotatable bonds is 4. The molecular formula is C15H30N2O. The van der Waals surface area contributed by atoms with Crippen LogP contribution in [0.2, 0.25) is 0 Å². The number of nitrogens with zero attached hydrogens (tertiary/aromatic N) is 1. The molecule has 3 nitrogen and oxygen atoms in total. The molecule has 0 spiro atoms. The minimum absolute atomic E-state index is 0.386. The number of β-amino-alcohol motifs (C(OH)–C–C–N with tert-alkyl or cyclic N) is 1. The maximum atomic E-state index is 10.6. The lowest BCUT2D eigenvalue weighted by Gasteiger charge is -2.41. The van der Waals surface area contributed by atoms with E-state index in [9.17, 15) is 5.11 Å². The maximum absolute atomic E-state index is 10.6. The van der Waals surface area contributed by atoms with Crippen molar-refractivity contribution >= 4 is 0 Å². The second kappa shape index (κ2) is 6.36. The van der Waals surface area contributed by atoms with Crippen molar-refractivity contribution in [2.75, 3.05) is 26.7 Å². The molecule has 3 heteroatoms. The molecule has 0 radical (unpaired) electrons. The first-order chi connectivity index (χ1) is 8.63. The molecule has 106 valence electrons. The molecule has 1 heterocycles. The molecule has 2 aliphatic rings. The monoisotopic (exact) mass is 254 g/mol. The Labute approximate surface area is 112 Å². The zero-order valence-corrected chi connectivity index (χ0v) is 12.1. The second-order valence-electron chi connectivity index (χ2n) is 6.50. The Bertz CT molecular complexity index is 251. The van der Waals surface area contributed by atoms with Crippen LogP contribution in [0.3, 0.4) is 0 Å². The van der Waals surface area contributed by atoms with Crippen LogP contribution in [0, 0.1) is 5.92 Å². The van der Waals surface area contributed by atoms with E-state index in [1.807, 2.05) is 0 Å². The van der Waals surface area contributed by atoms with Crippen molar-refractivity contribution in [3.63, 3.8) is 0 Å². The highest BCUT2D eigenvalue weighted by atomic mass is 16.3.